The van der Waals surface area contributed by atoms with Crippen LogP contribution in [0.15, 0.2) is 42.9 Å². The third-order valence-electron chi connectivity index (χ3n) is 2.97. The SMILES string of the molecule is FC(F)CNc1ncc(-c2cccc3[nH]ccc23)cn1. The fraction of sp³-hybridized carbons (Fsp3) is 0.143. The van der Waals surface area contributed by atoms with Crippen molar-refractivity contribution in [1.82, 2.24) is 15.0 Å². The van der Waals surface area contributed by atoms with Gasteiger partial charge in [-0.05, 0) is 17.7 Å². The molecule has 0 aliphatic heterocycles. The minimum atomic E-state index is -2.42. The van der Waals surface area contributed by atoms with Gasteiger partial charge in [0.05, 0.1) is 6.54 Å². The zero-order valence-corrected chi connectivity index (χ0v) is 10.5. The minimum Gasteiger partial charge on any atom is -0.361 e. The number of nitrogens with zero attached hydrogens (tertiary/aromatic N) is 2. The summed E-state index contributed by atoms with van der Waals surface area (Å²) in [6, 6.07) is 7.88. The molecule has 102 valence electrons. The molecule has 0 aliphatic rings. The van der Waals surface area contributed by atoms with Crippen molar-refractivity contribution in [1.29, 1.82) is 0 Å². The van der Waals surface area contributed by atoms with Crippen LogP contribution in [0.1, 0.15) is 0 Å². The van der Waals surface area contributed by atoms with Crippen LogP contribution in [-0.4, -0.2) is 27.9 Å². The molecule has 0 bridgehead atoms. The van der Waals surface area contributed by atoms with Crippen LogP contribution in [0.4, 0.5) is 14.7 Å². The molecule has 20 heavy (non-hydrogen) atoms. The van der Waals surface area contributed by atoms with Gasteiger partial charge in [0.1, 0.15) is 0 Å². The van der Waals surface area contributed by atoms with Gasteiger partial charge in [-0.25, -0.2) is 18.7 Å². The van der Waals surface area contributed by atoms with Gasteiger partial charge in [-0.2, -0.15) is 0 Å². The average Bonchev–Trinajstić information content (AvgIpc) is 2.94. The van der Waals surface area contributed by atoms with Gasteiger partial charge >= 0.3 is 0 Å². The summed E-state index contributed by atoms with van der Waals surface area (Å²) in [5.74, 6) is 0.204. The van der Waals surface area contributed by atoms with E-state index in [-0.39, 0.29) is 5.95 Å². The Morgan fingerprint density at radius 2 is 1.95 bits per heavy atom. The first kappa shape index (κ1) is 12.5. The molecule has 3 aromatic rings. The van der Waals surface area contributed by atoms with Crippen molar-refractivity contribution in [2.75, 3.05) is 11.9 Å². The smallest absolute Gasteiger partial charge is 0.255 e. The predicted molar refractivity (Wildman–Crippen MR) is 73.8 cm³/mol. The van der Waals surface area contributed by atoms with Crippen LogP contribution in [0.3, 0.4) is 0 Å². The molecule has 0 saturated carbocycles. The molecule has 2 heterocycles. The Morgan fingerprint density at radius 1 is 1.15 bits per heavy atom. The summed E-state index contributed by atoms with van der Waals surface area (Å²) in [7, 11) is 0. The van der Waals surface area contributed by atoms with Gasteiger partial charge in [0, 0.05) is 35.1 Å². The highest BCUT2D eigenvalue weighted by atomic mass is 19.3. The van der Waals surface area contributed by atoms with Crippen LogP contribution in [0, 0.1) is 0 Å². The van der Waals surface area contributed by atoms with Gasteiger partial charge in [-0.15, -0.1) is 0 Å². The maximum absolute atomic E-state index is 12.1. The Labute approximate surface area is 113 Å². The Bertz CT molecular complexity index is 707. The summed E-state index contributed by atoms with van der Waals surface area (Å²) >= 11 is 0. The highest BCUT2D eigenvalue weighted by molar-refractivity contribution is 5.94. The summed E-state index contributed by atoms with van der Waals surface area (Å²) < 4.78 is 24.2. The molecule has 3 rings (SSSR count). The first-order chi connectivity index (χ1) is 9.74. The Morgan fingerprint density at radius 3 is 2.70 bits per heavy atom. The Hall–Kier alpha value is -2.50. The van der Waals surface area contributed by atoms with Crippen molar-refractivity contribution in [2.45, 2.75) is 6.43 Å². The van der Waals surface area contributed by atoms with Crippen LogP contribution in [0.25, 0.3) is 22.0 Å². The summed E-state index contributed by atoms with van der Waals surface area (Å²) in [4.78, 5) is 11.2. The molecule has 2 N–H and O–H groups in total. The van der Waals surface area contributed by atoms with Gasteiger partial charge < -0.3 is 10.3 Å². The average molecular weight is 274 g/mol. The van der Waals surface area contributed by atoms with E-state index in [1.807, 2.05) is 30.5 Å². The molecule has 0 unspecified atom stereocenters. The van der Waals surface area contributed by atoms with Gasteiger partial charge in [0.25, 0.3) is 6.43 Å². The third kappa shape index (κ3) is 2.45. The van der Waals surface area contributed by atoms with E-state index in [0.29, 0.717) is 0 Å². The molecule has 0 spiro atoms. The summed E-state index contributed by atoms with van der Waals surface area (Å²) in [6.07, 6.45) is 2.70. The van der Waals surface area contributed by atoms with E-state index in [1.165, 1.54) is 0 Å². The van der Waals surface area contributed by atoms with E-state index in [2.05, 4.69) is 20.3 Å². The molecule has 0 atom stereocenters. The Balaban J connectivity index is 1.89. The van der Waals surface area contributed by atoms with E-state index >= 15 is 0 Å². The topological polar surface area (TPSA) is 53.6 Å². The van der Waals surface area contributed by atoms with E-state index in [9.17, 15) is 8.78 Å². The molecule has 1 aromatic carbocycles. The number of rotatable bonds is 4. The number of H-pyrrole nitrogens is 1. The fourth-order valence-electron chi connectivity index (χ4n) is 2.06. The normalized spacial score (nSPS) is 11.2. The van der Waals surface area contributed by atoms with Crippen LogP contribution in [-0.2, 0) is 0 Å². The highest BCUT2D eigenvalue weighted by Gasteiger charge is 2.07. The maximum Gasteiger partial charge on any atom is 0.255 e. The number of alkyl halides is 2. The molecule has 0 amide bonds. The van der Waals surface area contributed by atoms with Crippen LogP contribution >= 0.6 is 0 Å². The molecule has 6 heteroatoms. The van der Waals surface area contributed by atoms with Gasteiger partial charge in [-0.1, -0.05) is 12.1 Å². The van der Waals surface area contributed by atoms with Gasteiger partial charge in [0.2, 0.25) is 5.95 Å². The quantitative estimate of drug-likeness (QED) is 0.767. The van der Waals surface area contributed by atoms with Crippen molar-refractivity contribution in [3.8, 4) is 11.1 Å². The van der Waals surface area contributed by atoms with E-state index < -0.39 is 13.0 Å². The lowest BCUT2D eigenvalue weighted by atomic mass is 10.1. The first-order valence-electron chi connectivity index (χ1n) is 6.14. The molecule has 0 fully saturated rings. The van der Waals surface area contributed by atoms with Crippen molar-refractivity contribution in [2.24, 2.45) is 0 Å². The van der Waals surface area contributed by atoms with Gasteiger partial charge in [-0.3, -0.25) is 0 Å². The molecule has 0 saturated heterocycles. The lowest BCUT2D eigenvalue weighted by Gasteiger charge is -2.06. The minimum absolute atomic E-state index is 0.204. The van der Waals surface area contributed by atoms with Crippen molar-refractivity contribution in [3.05, 3.63) is 42.9 Å². The summed E-state index contributed by atoms with van der Waals surface area (Å²) in [5, 5.41) is 3.55. The van der Waals surface area contributed by atoms with E-state index in [4.69, 9.17) is 0 Å². The second-order valence-electron chi connectivity index (χ2n) is 4.31. The first-order valence-corrected chi connectivity index (χ1v) is 6.14. The van der Waals surface area contributed by atoms with Crippen LogP contribution in [0.5, 0.6) is 0 Å². The highest BCUT2D eigenvalue weighted by Crippen LogP contribution is 2.27. The van der Waals surface area contributed by atoms with Gasteiger partial charge in [0.15, 0.2) is 0 Å². The summed E-state index contributed by atoms with van der Waals surface area (Å²) in [5.41, 5.74) is 2.88. The molecule has 4 nitrogen and oxygen atoms in total. The number of anilines is 1. The molecular formula is C14H12F2N4. The van der Waals surface area contributed by atoms with Crippen molar-refractivity contribution in [3.63, 3.8) is 0 Å². The van der Waals surface area contributed by atoms with Crippen molar-refractivity contribution < 1.29 is 8.78 Å². The third-order valence-corrected chi connectivity index (χ3v) is 2.97. The van der Waals surface area contributed by atoms with Crippen LogP contribution < -0.4 is 5.32 Å². The summed E-state index contributed by atoms with van der Waals surface area (Å²) in [6.45, 7) is -0.452. The zero-order valence-electron chi connectivity index (χ0n) is 10.5. The molecular weight excluding hydrogens is 262 g/mol. The van der Waals surface area contributed by atoms with E-state index in [1.54, 1.807) is 12.4 Å². The van der Waals surface area contributed by atoms with Crippen molar-refractivity contribution >= 4 is 16.9 Å². The zero-order chi connectivity index (χ0) is 13.9. The number of aromatic amines is 1. The predicted octanol–water partition coefficient (Wildman–Crippen LogP) is 3.30. The lowest BCUT2D eigenvalue weighted by molar-refractivity contribution is 0.163. The van der Waals surface area contributed by atoms with Crippen LogP contribution in [0.2, 0.25) is 0 Å². The number of nitrogens with one attached hydrogen (secondary N) is 2. The molecule has 0 aliphatic carbocycles. The monoisotopic (exact) mass is 274 g/mol. The number of halogens is 2. The second kappa shape index (κ2) is 5.24. The number of hydrogen-bond acceptors (Lipinski definition) is 3. The lowest BCUT2D eigenvalue weighted by Crippen LogP contribution is -2.12. The van der Waals surface area contributed by atoms with E-state index in [0.717, 1.165) is 22.0 Å². The fourth-order valence-corrected chi connectivity index (χ4v) is 2.06. The standard InChI is InChI=1S/C14H12F2N4/c15-13(16)8-20-14-18-6-9(7-19-14)10-2-1-3-12-11(10)4-5-17-12/h1-7,13,17H,8H2,(H,18,19,20). The number of benzene rings is 1. The molecule has 0 radical (unpaired) electrons. The molecule has 2 aromatic heterocycles. The number of hydrogen-bond donors (Lipinski definition) is 2. The number of fused-ring (bicyclic) bond motifs is 1. The Kier molecular flexibility index (Phi) is 3.28. The largest absolute Gasteiger partial charge is 0.361 e. The number of aromatic nitrogens is 3. The maximum atomic E-state index is 12.1. The second-order valence-corrected chi connectivity index (χ2v) is 4.31.